The van der Waals surface area contributed by atoms with Gasteiger partial charge < -0.3 is 4.79 Å². The van der Waals surface area contributed by atoms with Crippen LogP contribution in [0.3, 0.4) is 0 Å². The third kappa shape index (κ3) is 3.97. The van der Waals surface area contributed by atoms with E-state index in [4.69, 9.17) is 4.79 Å². The summed E-state index contributed by atoms with van der Waals surface area (Å²) in [6.07, 6.45) is 1.88. The predicted octanol–water partition coefficient (Wildman–Crippen LogP) is 2.69. The van der Waals surface area contributed by atoms with E-state index in [9.17, 15) is 0 Å². The van der Waals surface area contributed by atoms with Gasteiger partial charge in [0.1, 0.15) is 6.79 Å². The number of carbonyl (C=O) groups excluding carboxylic acids is 1. The lowest BCUT2D eigenvalue weighted by molar-refractivity contribution is -0.0979. The van der Waals surface area contributed by atoms with Crippen molar-refractivity contribution in [1.82, 2.24) is 4.98 Å². The van der Waals surface area contributed by atoms with Crippen LogP contribution in [0, 0.1) is 0 Å². The van der Waals surface area contributed by atoms with Crippen molar-refractivity contribution in [2.45, 2.75) is 10.7 Å². The quantitative estimate of drug-likeness (QED) is 0.785. The van der Waals surface area contributed by atoms with E-state index >= 15 is 0 Å². The summed E-state index contributed by atoms with van der Waals surface area (Å²) in [7, 11) is 0. The molecule has 0 spiro atoms. The molecule has 12 heavy (non-hydrogen) atoms. The zero-order valence-electron chi connectivity index (χ0n) is 6.46. The van der Waals surface area contributed by atoms with E-state index in [-0.39, 0.29) is 0 Å². The van der Waals surface area contributed by atoms with Crippen LogP contribution < -0.4 is 0 Å². The number of halogens is 2. The second kappa shape index (κ2) is 7.43. The molecular weight excluding hydrogens is 286 g/mol. The Balaban J connectivity index is 0.000000561. The summed E-state index contributed by atoms with van der Waals surface area (Å²) in [5.41, 5.74) is 2.29. The van der Waals surface area contributed by atoms with Gasteiger partial charge in [0.2, 0.25) is 0 Å². The molecule has 1 aromatic rings. The van der Waals surface area contributed by atoms with Gasteiger partial charge in [0.15, 0.2) is 0 Å². The maximum absolute atomic E-state index is 8.00. The Hall–Kier alpha value is -0.220. The van der Waals surface area contributed by atoms with Crippen LogP contribution in [0.5, 0.6) is 0 Å². The van der Waals surface area contributed by atoms with Crippen molar-refractivity contribution in [1.29, 1.82) is 0 Å². The molecule has 1 rings (SSSR count). The molecule has 0 radical (unpaired) electrons. The van der Waals surface area contributed by atoms with Crippen LogP contribution in [0.2, 0.25) is 0 Å². The Labute approximate surface area is 88.6 Å². The number of aromatic nitrogens is 1. The minimum Gasteiger partial charge on any atom is -0.307 e. The molecule has 1 heterocycles. The molecule has 0 saturated heterocycles. The molecule has 0 saturated carbocycles. The van der Waals surface area contributed by atoms with Gasteiger partial charge in [-0.2, -0.15) is 0 Å². The normalized spacial score (nSPS) is 8.50. The van der Waals surface area contributed by atoms with E-state index in [1.165, 1.54) is 5.56 Å². The van der Waals surface area contributed by atoms with Gasteiger partial charge in [0, 0.05) is 16.9 Å². The van der Waals surface area contributed by atoms with E-state index in [0.717, 1.165) is 16.4 Å². The highest BCUT2D eigenvalue weighted by Crippen LogP contribution is 2.06. The van der Waals surface area contributed by atoms with E-state index in [1.807, 2.05) is 19.1 Å². The number of hydrogen-bond acceptors (Lipinski definition) is 2. The number of rotatable bonds is 2. The van der Waals surface area contributed by atoms with Crippen LogP contribution in [0.4, 0.5) is 0 Å². The van der Waals surface area contributed by atoms with Crippen LogP contribution in [0.1, 0.15) is 11.3 Å². The van der Waals surface area contributed by atoms with Crippen LogP contribution in [0.25, 0.3) is 0 Å². The maximum Gasteiger partial charge on any atom is 0.106 e. The van der Waals surface area contributed by atoms with Crippen LogP contribution >= 0.6 is 31.9 Å². The molecule has 0 aliphatic carbocycles. The van der Waals surface area contributed by atoms with Crippen molar-refractivity contribution in [3.05, 3.63) is 29.6 Å². The molecule has 0 bridgehead atoms. The zero-order valence-corrected chi connectivity index (χ0v) is 9.64. The lowest BCUT2D eigenvalue weighted by Crippen LogP contribution is -1.85. The SMILES string of the molecule is BrCc1ccc(CBr)nc1.C=O. The largest absolute Gasteiger partial charge is 0.307 e. The van der Waals surface area contributed by atoms with Gasteiger partial charge >= 0.3 is 0 Å². The highest BCUT2D eigenvalue weighted by molar-refractivity contribution is 9.08. The van der Waals surface area contributed by atoms with Crippen LogP contribution in [0.15, 0.2) is 18.3 Å². The van der Waals surface area contributed by atoms with Crippen molar-refractivity contribution in [2.75, 3.05) is 0 Å². The zero-order chi connectivity index (χ0) is 9.40. The lowest BCUT2D eigenvalue weighted by Gasteiger charge is -1.95. The molecule has 0 amide bonds. The minimum atomic E-state index is 0.829. The van der Waals surface area contributed by atoms with Gasteiger partial charge in [0.25, 0.3) is 0 Å². The molecule has 0 unspecified atom stereocenters. The molecule has 0 fully saturated rings. The number of nitrogens with zero attached hydrogens (tertiary/aromatic N) is 1. The maximum atomic E-state index is 8.00. The van der Waals surface area contributed by atoms with Gasteiger partial charge in [-0.1, -0.05) is 37.9 Å². The molecule has 0 aromatic carbocycles. The minimum absolute atomic E-state index is 0.829. The summed E-state index contributed by atoms with van der Waals surface area (Å²) < 4.78 is 0. The van der Waals surface area contributed by atoms with E-state index in [1.54, 1.807) is 0 Å². The molecule has 0 N–H and O–H groups in total. The molecule has 2 nitrogen and oxygen atoms in total. The Bertz CT molecular complexity index is 190. The van der Waals surface area contributed by atoms with Gasteiger partial charge in [-0.05, 0) is 11.6 Å². The number of alkyl halides is 2. The first-order chi connectivity index (χ1) is 5.86. The fraction of sp³-hybridized carbons (Fsp3) is 0.250. The monoisotopic (exact) mass is 293 g/mol. The standard InChI is InChI=1S/C7H7Br2N.CH2O/c8-3-6-1-2-7(4-9)10-5-6;1-2/h1-2,5H,3-4H2;1H2. The molecule has 0 aliphatic rings. The van der Waals surface area contributed by atoms with Crippen molar-refractivity contribution in [3.63, 3.8) is 0 Å². The molecule has 0 atom stereocenters. The summed E-state index contributed by atoms with van der Waals surface area (Å²) in [5.74, 6) is 0. The first kappa shape index (κ1) is 11.8. The smallest absolute Gasteiger partial charge is 0.106 e. The molecule has 66 valence electrons. The van der Waals surface area contributed by atoms with Crippen molar-refractivity contribution < 1.29 is 4.79 Å². The second-order valence-electron chi connectivity index (χ2n) is 1.93. The summed E-state index contributed by atoms with van der Waals surface area (Å²) in [6, 6.07) is 4.09. The van der Waals surface area contributed by atoms with Gasteiger partial charge in [-0.3, -0.25) is 4.98 Å². The third-order valence-electron chi connectivity index (χ3n) is 1.18. The lowest BCUT2D eigenvalue weighted by atomic mass is 10.3. The van der Waals surface area contributed by atoms with E-state index in [2.05, 4.69) is 42.9 Å². The third-order valence-corrected chi connectivity index (χ3v) is 2.40. The molecule has 0 aliphatic heterocycles. The first-order valence-corrected chi connectivity index (χ1v) is 5.45. The fourth-order valence-electron chi connectivity index (χ4n) is 0.613. The Kier molecular flexibility index (Phi) is 7.29. The first-order valence-electron chi connectivity index (χ1n) is 3.21. The van der Waals surface area contributed by atoms with Gasteiger partial charge in [-0.15, -0.1) is 0 Å². The Morgan fingerprint density at radius 3 is 2.25 bits per heavy atom. The van der Waals surface area contributed by atoms with E-state index in [0.29, 0.717) is 0 Å². The Morgan fingerprint density at radius 1 is 1.25 bits per heavy atom. The highest BCUT2D eigenvalue weighted by Gasteiger charge is 1.91. The van der Waals surface area contributed by atoms with Gasteiger partial charge in [0.05, 0.1) is 5.69 Å². The molecule has 1 aromatic heterocycles. The number of hydrogen-bond donors (Lipinski definition) is 0. The predicted molar refractivity (Wildman–Crippen MR) is 56.6 cm³/mol. The summed E-state index contributed by atoms with van der Waals surface area (Å²) >= 11 is 6.68. The fourth-order valence-corrected chi connectivity index (χ4v) is 1.28. The summed E-state index contributed by atoms with van der Waals surface area (Å²) in [6.45, 7) is 2.00. The summed E-state index contributed by atoms with van der Waals surface area (Å²) in [5, 5.41) is 1.71. The second-order valence-corrected chi connectivity index (χ2v) is 3.05. The summed E-state index contributed by atoms with van der Waals surface area (Å²) in [4.78, 5) is 12.2. The highest BCUT2D eigenvalue weighted by atomic mass is 79.9. The van der Waals surface area contributed by atoms with Crippen molar-refractivity contribution in [3.8, 4) is 0 Å². The number of pyridine rings is 1. The molecular formula is C8H9Br2NO. The van der Waals surface area contributed by atoms with E-state index < -0.39 is 0 Å². The topological polar surface area (TPSA) is 30.0 Å². The molecule has 4 heteroatoms. The Morgan fingerprint density at radius 2 is 1.92 bits per heavy atom. The van der Waals surface area contributed by atoms with Gasteiger partial charge in [-0.25, -0.2) is 0 Å². The average molecular weight is 295 g/mol. The number of carbonyl (C=O) groups is 1. The van der Waals surface area contributed by atoms with Crippen molar-refractivity contribution >= 4 is 38.6 Å². The average Bonchev–Trinajstić information content (AvgIpc) is 2.21. The van der Waals surface area contributed by atoms with Crippen molar-refractivity contribution in [2.24, 2.45) is 0 Å². The van der Waals surface area contributed by atoms with Crippen LogP contribution in [-0.2, 0) is 15.5 Å². The van der Waals surface area contributed by atoms with Crippen LogP contribution in [-0.4, -0.2) is 11.8 Å².